The molecule has 0 fully saturated rings. The first-order valence-electron chi connectivity index (χ1n) is 6.25. The molecule has 5 nitrogen and oxygen atoms in total. The van der Waals surface area contributed by atoms with Gasteiger partial charge in [0.2, 0.25) is 5.88 Å². The van der Waals surface area contributed by atoms with Crippen molar-refractivity contribution in [2.24, 2.45) is 0 Å². The lowest BCUT2D eigenvalue weighted by molar-refractivity contribution is 0.397. The summed E-state index contributed by atoms with van der Waals surface area (Å²) in [6, 6.07) is 9.67. The molecule has 0 atom stereocenters. The van der Waals surface area contributed by atoms with E-state index in [1.807, 2.05) is 48.1 Å². The number of pyridine rings is 2. The van der Waals surface area contributed by atoms with Crippen LogP contribution >= 0.6 is 0 Å². The van der Waals surface area contributed by atoms with E-state index in [2.05, 4.69) is 15.1 Å². The van der Waals surface area contributed by atoms with Crippen LogP contribution in [0, 0.1) is 6.92 Å². The molecule has 3 rings (SSSR count). The molecule has 3 aromatic heterocycles. The minimum atomic E-state index is 0.580. The molecule has 0 aromatic carbocycles. The number of nitrogens with zero attached hydrogens (tertiary/aromatic N) is 4. The van der Waals surface area contributed by atoms with E-state index in [1.54, 1.807) is 19.5 Å². The predicted molar refractivity (Wildman–Crippen MR) is 75.9 cm³/mol. The summed E-state index contributed by atoms with van der Waals surface area (Å²) >= 11 is 0. The highest BCUT2D eigenvalue weighted by Gasteiger charge is 2.09. The maximum absolute atomic E-state index is 5.06. The fourth-order valence-corrected chi connectivity index (χ4v) is 1.94. The summed E-state index contributed by atoms with van der Waals surface area (Å²) in [5, 5.41) is 4.34. The van der Waals surface area contributed by atoms with Crippen molar-refractivity contribution in [2.75, 3.05) is 7.11 Å². The second-order valence-corrected chi connectivity index (χ2v) is 4.41. The van der Waals surface area contributed by atoms with E-state index in [9.17, 15) is 0 Å². The molecular weight excluding hydrogens is 252 g/mol. The first-order chi connectivity index (χ1) is 9.78. The van der Waals surface area contributed by atoms with Crippen LogP contribution in [-0.4, -0.2) is 26.9 Å². The topological polar surface area (TPSA) is 52.8 Å². The molecule has 0 radical (unpaired) electrons. The molecule has 0 spiro atoms. The van der Waals surface area contributed by atoms with Crippen LogP contribution in [0.4, 0.5) is 0 Å². The van der Waals surface area contributed by atoms with Gasteiger partial charge in [-0.05, 0) is 30.7 Å². The van der Waals surface area contributed by atoms with Gasteiger partial charge in [-0.3, -0.25) is 4.98 Å². The summed E-state index contributed by atoms with van der Waals surface area (Å²) in [5.41, 5.74) is 3.81. The van der Waals surface area contributed by atoms with Crippen molar-refractivity contribution < 1.29 is 4.74 Å². The molecule has 20 heavy (non-hydrogen) atoms. The summed E-state index contributed by atoms with van der Waals surface area (Å²) in [4.78, 5) is 8.63. The van der Waals surface area contributed by atoms with Gasteiger partial charge in [-0.1, -0.05) is 6.07 Å². The molecule has 3 heterocycles. The normalized spacial score (nSPS) is 10.5. The Labute approximate surface area is 116 Å². The summed E-state index contributed by atoms with van der Waals surface area (Å²) in [6.07, 6.45) is 5.32. The summed E-state index contributed by atoms with van der Waals surface area (Å²) in [6.45, 7) is 2.02. The average Bonchev–Trinajstić information content (AvgIpc) is 2.97. The van der Waals surface area contributed by atoms with Crippen LogP contribution in [0.25, 0.3) is 17.1 Å². The van der Waals surface area contributed by atoms with E-state index in [0.29, 0.717) is 5.88 Å². The van der Waals surface area contributed by atoms with E-state index in [4.69, 9.17) is 4.74 Å². The largest absolute Gasteiger partial charge is 0.481 e. The van der Waals surface area contributed by atoms with E-state index in [0.717, 1.165) is 22.6 Å². The van der Waals surface area contributed by atoms with Crippen molar-refractivity contribution in [1.29, 1.82) is 0 Å². The predicted octanol–water partition coefficient (Wildman–Crippen LogP) is 2.65. The third-order valence-corrected chi connectivity index (χ3v) is 2.99. The number of aromatic nitrogens is 4. The van der Waals surface area contributed by atoms with Crippen LogP contribution in [-0.2, 0) is 0 Å². The van der Waals surface area contributed by atoms with Crippen molar-refractivity contribution in [3.8, 4) is 23.0 Å². The molecule has 0 aliphatic heterocycles. The van der Waals surface area contributed by atoms with Gasteiger partial charge < -0.3 is 4.74 Å². The van der Waals surface area contributed by atoms with Gasteiger partial charge in [0.05, 0.1) is 36.6 Å². The molecule has 0 aliphatic rings. The third-order valence-electron chi connectivity index (χ3n) is 2.99. The van der Waals surface area contributed by atoms with E-state index >= 15 is 0 Å². The number of methoxy groups -OCH3 is 1. The highest BCUT2D eigenvalue weighted by atomic mass is 16.5. The number of aryl methyl sites for hydroxylation is 1. The van der Waals surface area contributed by atoms with Crippen molar-refractivity contribution in [3.05, 3.63) is 54.5 Å². The first-order valence-corrected chi connectivity index (χ1v) is 6.25. The fraction of sp³-hybridized carbons (Fsp3) is 0.133. The van der Waals surface area contributed by atoms with Gasteiger partial charge in [-0.25, -0.2) is 9.67 Å². The van der Waals surface area contributed by atoms with Crippen molar-refractivity contribution in [3.63, 3.8) is 0 Å². The van der Waals surface area contributed by atoms with Crippen LogP contribution < -0.4 is 4.74 Å². The fourth-order valence-electron chi connectivity index (χ4n) is 1.94. The quantitative estimate of drug-likeness (QED) is 0.731. The second kappa shape index (κ2) is 5.13. The van der Waals surface area contributed by atoms with Gasteiger partial charge in [-0.15, -0.1) is 0 Å². The van der Waals surface area contributed by atoms with Gasteiger partial charge in [0.15, 0.2) is 0 Å². The molecule has 3 aromatic rings. The Morgan fingerprint density at radius 3 is 2.55 bits per heavy atom. The van der Waals surface area contributed by atoms with Crippen LogP contribution in [0.2, 0.25) is 0 Å². The van der Waals surface area contributed by atoms with E-state index < -0.39 is 0 Å². The summed E-state index contributed by atoms with van der Waals surface area (Å²) in [7, 11) is 1.59. The Bertz CT molecular complexity index is 701. The lowest BCUT2D eigenvalue weighted by atomic mass is 10.2. The monoisotopic (exact) mass is 266 g/mol. The molecule has 5 heteroatoms. The van der Waals surface area contributed by atoms with Crippen LogP contribution in [0.3, 0.4) is 0 Å². The van der Waals surface area contributed by atoms with E-state index in [1.165, 1.54) is 0 Å². The van der Waals surface area contributed by atoms with E-state index in [-0.39, 0.29) is 0 Å². The molecule has 0 aliphatic carbocycles. The van der Waals surface area contributed by atoms with Gasteiger partial charge >= 0.3 is 0 Å². The van der Waals surface area contributed by atoms with Gasteiger partial charge in [-0.2, -0.15) is 5.10 Å². The third kappa shape index (κ3) is 2.25. The van der Waals surface area contributed by atoms with Crippen molar-refractivity contribution in [1.82, 2.24) is 19.7 Å². The zero-order valence-electron chi connectivity index (χ0n) is 11.3. The highest BCUT2D eigenvalue weighted by molar-refractivity contribution is 5.57. The molecule has 0 saturated heterocycles. The van der Waals surface area contributed by atoms with Gasteiger partial charge in [0.1, 0.15) is 0 Å². The van der Waals surface area contributed by atoms with Crippen LogP contribution in [0.5, 0.6) is 5.88 Å². The summed E-state index contributed by atoms with van der Waals surface area (Å²) < 4.78 is 6.87. The van der Waals surface area contributed by atoms with Crippen molar-refractivity contribution >= 4 is 0 Å². The maximum atomic E-state index is 5.06. The van der Waals surface area contributed by atoms with Crippen LogP contribution in [0.1, 0.15) is 5.56 Å². The number of hydrogen-bond donors (Lipinski definition) is 0. The Hall–Kier alpha value is -2.69. The minimum absolute atomic E-state index is 0.580. The Morgan fingerprint density at radius 2 is 1.90 bits per heavy atom. The molecule has 100 valence electrons. The highest BCUT2D eigenvalue weighted by Crippen LogP contribution is 2.21. The molecule has 0 unspecified atom stereocenters. The lowest BCUT2D eigenvalue weighted by Gasteiger charge is -2.07. The van der Waals surface area contributed by atoms with Crippen LogP contribution in [0.15, 0.2) is 48.9 Å². The zero-order valence-corrected chi connectivity index (χ0v) is 11.3. The molecule has 0 bridgehead atoms. The Morgan fingerprint density at radius 1 is 1.00 bits per heavy atom. The number of rotatable bonds is 3. The minimum Gasteiger partial charge on any atom is -0.481 e. The maximum Gasteiger partial charge on any atom is 0.213 e. The Balaban J connectivity index is 2.02. The molecule has 0 saturated carbocycles. The average molecular weight is 266 g/mol. The summed E-state index contributed by atoms with van der Waals surface area (Å²) in [5.74, 6) is 0.580. The molecule has 0 N–H and O–H groups in total. The lowest BCUT2D eigenvalue weighted by Crippen LogP contribution is -2.01. The van der Waals surface area contributed by atoms with Gasteiger partial charge in [0.25, 0.3) is 0 Å². The Kier molecular flexibility index (Phi) is 3.16. The second-order valence-electron chi connectivity index (χ2n) is 4.41. The molecular formula is C15H14N4O. The SMILES string of the molecule is COc1ccc(-n2nccc2-c2ccc(C)cn2)cn1. The number of ether oxygens (including phenoxy) is 1. The van der Waals surface area contributed by atoms with Crippen molar-refractivity contribution in [2.45, 2.75) is 6.92 Å². The zero-order chi connectivity index (χ0) is 13.9. The van der Waals surface area contributed by atoms with Gasteiger partial charge in [0, 0.05) is 12.3 Å². The standard InChI is InChI=1S/C15H14N4O/c1-11-3-5-13(16-9-11)14-7-8-18-19(14)12-4-6-15(20-2)17-10-12/h3-10H,1-2H3. The number of hydrogen-bond acceptors (Lipinski definition) is 4. The smallest absolute Gasteiger partial charge is 0.213 e. The molecule has 0 amide bonds. The first kappa shape index (κ1) is 12.3.